The van der Waals surface area contributed by atoms with Gasteiger partial charge in [0, 0.05) is 0 Å². The Labute approximate surface area is 63.4 Å². The molecule has 1 heteroatoms. The molecule has 0 heterocycles. The molecule has 1 fully saturated rings. The summed E-state index contributed by atoms with van der Waals surface area (Å²) in [4.78, 5) is 0. The summed E-state index contributed by atoms with van der Waals surface area (Å²) in [6, 6.07) is 0. The fraction of sp³-hybridized carbons (Fsp3) is 1.00. The number of aliphatic hydroxyl groups is 1. The summed E-state index contributed by atoms with van der Waals surface area (Å²) in [7, 11) is 0. The van der Waals surface area contributed by atoms with E-state index in [1.807, 2.05) is 0 Å². The molecule has 10 heavy (non-hydrogen) atoms. The van der Waals surface area contributed by atoms with Gasteiger partial charge >= 0.3 is 0 Å². The third kappa shape index (κ3) is 1.51. The largest absolute Gasteiger partial charge is 0.393 e. The van der Waals surface area contributed by atoms with E-state index >= 15 is 0 Å². The maximum atomic E-state index is 9.31. The second kappa shape index (κ2) is 2.54. The highest BCUT2D eigenvalue weighted by Gasteiger charge is 2.32. The molecule has 1 saturated carbocycles. The van der Waals surface area contributed by atoms with Gasteiger partial charge < -0.3 is 5.11 Å². The average molecular weight is 142 g/mol. The lowest BCUT2D eigenvalue weighted by molar-refractivity contribution is 0.0367. The van der Waals surface area contributed by atoms with Gasteiger partial charge in [-0.15, -0.1) is 0 Å². The lowest BCUT2D eigenvalue weighted by Gasteiger charge is -2.38. The molecule has 0 unspecified atom stereocenters. The first-order valence-corrected chi connectivity index (χ1v) is 4.20. The molecular formula is C9H18O. The lowest BCUT2D eigenvalue weighted by Crippen LogP contribution is -2.32. The minimum Gasteiger partial charge on any atom is -0.393 e. The summed E-state index contributed by atoms with van der Waals surface area (Å²) in [5.41, 5.74) is 0.458. The molecule has 60 valence electrons. The molecule has 2 atom stereocenters. The van der Waals surface area contributed by atoms with Crippen molar-refractivity contribution in [1.82, 2.24) is 0 Å². The van der Waals surface area contributed by atoms with Crippen LogP contribution in [0.2, 0.25) is 0 Å². The Morgan fingerprint density at radius 1 is 1.40 bits per heavy atom. The van der Waals surface area contributed by atoms with Crippen LogP contribution in [0.3, 0.4) is 0 Å². The molecule has 1 aliphatic rings. The van der Waals surface area contributed by atoms with Crippen LogP contribution in [0.1, 0.15) is 40.0 Å². The van der Waals surface area contributed by atoms with Gasteiger partial charge in [0.15, 0.2) is 0 Å². The van der Waals surface area contributed by atoms with Crippen LogP contribution < -0.4 is 0 Å². The highest BCUT2D eigenvalue weighted by molar-refractivity contribution is 4.83. The molecule has 1 nitrogen and oxygen atoms in total. The van der Waals surface area contributed by atoms with Crippen LogP contribution in [0.15, 0.2) is 0 Å². The number of hydrogen-bond acceptors (Lipinski definition) is 1. The zero-order valence-corrected chi connectivity index (χ0v) is 7.22. The Morgan fingerprint density at radius 3 is 2.40 bits per heavy atom. The van der Waals surface area contributed by atoms with Gasteiger partial charge in [-0.3, -0.25) is 0 Å². The first-order chi connectivity index (χ1) is 4.52. The van der Waals surface area contributed by atoms with Crippen LogP contribution in [-0.4, -0.2) is 11.2 Å². The van der Waals surface area contributed by atoms with Crippen molar-refractivity contribution >= 4 is 0 Å². The van der Waals surface area contributed by atoms with E-state index in [0.717, 1.165) is 12.8 Å². The Kier molecular flexibility index (Phi) is 2.04. The molecule has 1 aliphatic carbocycles. The molecule has 0 bridgehead atoms. The van der Waals surface area contributed by atoms with Gasteiger partial charge in [-0.1, -0.05) is 20.8 Å². The van der Waals surface area contributed by atoms with Gasteiger partial charge in [0.1, 0.15) is 0 Å². The minimum atomic E-state index is -0.0250. The number of hydrogen-bond donors (Lipinski definition) is 1. The van der Waals surface area contributed by atoms with Crippen LogP contribution in [0.4, 0.5) is 0 Å². The van der Waals surface area contributed by atoms with Crippen molar-refractivity contribution in [3.05, 3.63) is 0 Å². The van der Waals surface area contributed by atoms with E-state index in [4.69, 9.17) is 0 Å². The second-order valence-corrected chi connectivity index (χ2v) is 4.32. The minimum absolute atomic E-state index is 0.0250. The summed E-state index contributed by atoms with van der Waals surface area (Å²) in [6.45, 7) is 6.83. The van der Waals surface area contributed by atoms with Crippen molar-refractivity contribution in [3.63, 3.8) is 0 Å². The monoisotopic (exact) mass is 142 g/mol. The Bertz CT molecular complexity index is 118. The summed E-state index contributed by atoms with van der Waals surface area (Å²) < 4.78 is 0. The van der Waals surface area contributed by atoms with Gasteiger partial charge in [0.2, 0.25) is 0 Å². The average Bonchev–Trinajstić information content (AvgIpc) is 1.81. The molecule has 0 aromatic carbocycles. The molecule has 0 aliphatic heterocycles. The predicted octanol–water partition coefficient (Wildman–Crippen LogP) is 2.19. The zero-order chi connectivity index (χ0) is 7.78. The van der Waals surface area contributed by atoms with Gasteiger partial charge in [-0.2, -0.15) is 0 Å². The van der Waals surface area contributed by atoms with Crippen LogP contribution in [0, 0.1) is 11.3 Å². The van der Waals surface area contributed by atoms with Gasteiger partial charge in [-0.25, -0.2) is 0 Å². The van der Waals surface area contributed by atoms with E-state index in [9.17, 15) is 5.11 Å². The maximum Gasteiger partial charge on any atom is 0.0543 e. The van der Waals surface area contributed by atoms with Crippen molar-refractivity contribution in [3.8, 4) is 0 Å². The fourth-order valence-corrected chi connectivity index (χ4v) is 1.63. The second-order valence-electron chi connectivity index (χ2n) is 4.32. The van der Waals surface area contributed by atoms with E-state index in [1.165, 1.54) is 6.42 Å². The first kappa shape index (κ1) is 8.06. The number of rotatable bonds is 0. The molecule has 1 rings (SSSR count). The van der Waals surface area contributed by atoms with E-state index < -0.39 is 0 Å². The van der Waals surface area contributed by atoms with E-state index in [1.54, 1.807) is 0 Å². The molecular weight excluding hydrogens is 124 g/mol. The Balaban J connectivity index is 2.52. The lowest BCUT2D eigenvalue weighted by atomic mass is 9.69. The van der Waals surface area contributed by atoms with Gasteiger partial charge in [0.05, 0.1) is 6.10 Å². The molecule has 0 saturated heterocycles. The molecule has 0 spiro atoms. The van der Waals surface area contributed by atoms with Crippen molar-refractivity contribution < 1.29 is 5.11 Å². The molecule has 1 N–H and O–H groups in total. The fourth-order valence-electron chi connectivity index (χ4n) is 1.63. The van der Waals surface area contributed by atoms with E-state index in [0.29, 0.717) is 11.3 Å². The van der Waals surface area contributed by atoms with Crippen molar-refractivity contribution in [2.45, 2.75) is 46.1 Å². The van der Waals surface area contributed by atoms with Gasteiger partial charge in [0.25, 0.3) is 0 Å². The summed E-state index contributed by atoms with van der Waals surface area (Å²) in [6.07, 6.45) is 3.14. The molecule has 0 aromatic rings. The quantitative estimate of drug-likeness (QED) is 0.549. The SMILES string of the molecule is C[C@H]1C[C@@H](O)CCC1(C)C. The molecule has 0 amide bonds. The van der Waals surface area contributed by atoms with Crippen molar-refractivity contribution in [2.75, 3.05) is 0 Å². The van der Waals surface area contributed by atoms with E-state index in [2.05, 4.69) is 20.8 Å². The topological polar surface area (TPSA) is 20.2 Å². The molecule has 0 aromatic heterocycles. The van der Waals surface area contributed by atoms with Crippen LogP contribution >= 0.6 is 0 Å². The first-order valence-electron chi connectivity index (χ1n) is 4.20. The smallest absolute Gasteiger partial charge is 0.0543 e. The third-order valence-corrected chi connectivity index (χ3v) is 3.08. The third-order valence-electron chi connectivity index (χ3n) is 3.08. The van der Waals surface area contributed by atoms with Crippen LogP contribution in [0.5, 0.6) is 0 Å². The zero-order valence-electron chi connectivity index (χ0n) is 7.22. The van der Waals surface area contributed by atoms with Crippen molar-refractivity contribution in [1.29, 1.82) is 0 Å². The van der Waals surface area contributed by atoms with Crippen LogP contribution in [0.25, 0.3) is 0 Å². The highest BCUT2D eigenvalue weighted by atomic mass is 16.3. The van der Waals surface area contributed by atoms with Crippen LogP contribution in [-0.2, 0) is 0 Å². The predicted molar refractivity (Wildman–Crippen MR) is 42.8 cm³/mol. The number of aliphatic hydroxyl groups excluding tert-OH is 1. The summed E-state index contributed by atoms with van der Waals surface area (Å²) in [5, 5.41) is 9.31. The Morgan fingerprint density at radius 2 is 2.00 bits per heavy atom. The van der Waals surface area contributed by atoms with Crippen molar-refractivity contribution in [2.24, 2.45) is 11.3 Å². The molecule has 0 radical (unpaired) electrons. The maximum absolute atomic E-state index is 9.31. The normalized spacial score (nSPS) is 39.6. The highest BCUT2D eigenvalue weighted by Crippen LogP contribution is 2.39. The summed E-state index contributed by atoms with van der Waals surface area (Å²) in [5.74, 6) is 0.677. The standard InChI is InChI=1S/C9H18O/c1-7-6-8(10)4-5-9(7,2)3/h7-8,10H,4-6H2,1-3H3/t7-,8-/m0/s1. The Hall–Kier alpha value is -0.0400. The summed E-state index contributed by atoms with van der Waals surface area (Å²) >= 11 is 0. The van der Waals surface area contributed by atoms with E-state index in [-0.39, 0.29) is 6.10 Å². The van der Waals surface area contributed by atoms with Gasteiger partial charge in [-0.05, 0) is 30.6 Å².